The Hall–Kier alpha value is -1.49. The van der Waals surface area contributed by atoms with Crippen LogP contribution in [-0.4, -0.2) is 29.7 Å². The van der Waals surface area contributed by atoms with Crippen LogP contribution in [0.3, 0.4) is 0 Å². The fraction of sp³-hybridized carbons (Fsp3) is 0.417. The smallest absolute Gasteiger partial charge is 0.256 e. The number of hydrogen-bond acceptors (Lipinski definition) is 2. The van der Waals surface area contributed by atoms with Crippen molar-refractivity contribution in [1.82, 2.24) is 4.90 Å². The lowest BCUT2D eigenvalue weighted by Crippen LogP contribution is -2.44. The van der Waals surface area contributed by atoms with Gasteiger partial charge in [-0.25, -0.2) is 8.78 Å². The molecule has 3 nitrogen and oxygen atoms in total. The molecule has 1 aliphatic heterocycles. The topological polar surface area (TPSA) is 29.5 Å². The molecule has 0 unspecified atom stereocenters. The van der Waals surface area contributed by atoms with Crippen molar-refractivity contribution in [2.45, 2.75) is 19.4 Å². The number of benzene rings is 1. The summed E-state index contributed by atoms with van der Waals surface area (Å²) in [5, 5.41) is 0. The monoisotopic (exact) mass is 241 g/mol. The SMILES string of the molecule is CC1(C)COCN1C(=O)c1ccc(F)c(F)c1. The first-order chi connectivity index (χ1) is 7.92. The van der Waals surface area contributed by atoms with E-state index in [2.05, 4.69) is 0 Å². The molecule has 0 N–H and O–H groups in total. The van der Waals surface area contributed by atoms with Crippen LogP contribution in [0.4, 0.5) is 8.78 Å². The maximum absolute atomic E-state index is 13.0. The van der Waals surface area contributed by atoms with E-state index in [1.54, 1.807) is 0 Å². The first kappa shape index (κ1) is 12.0. The predicted molar refractivity (Wildman–Crippen MR) is 57.4 cm³/mol. The van der Waals surface area contributed by atoms with Crippen molar-refractivity contribution in [3.8, 4) is 0 Å². The van der Waals surface area contributed by atoms with Gasteiger partial charge in [0, 0.05) is 5.56 Å². The minimum atomic E-state index is -1.02. The van der Waals surface area contributed by atoms with Crippen molar-refractivity contribution >= 4 is 5.91 Å². The molecule has 0 aliphatic carbocycles. The van der Waals surface area contributed by atoms with E-state index in [0.29, 0.717) is 6.61 Å². The first-order valence-corrected chi connectivity index (χ1v) is 5.26. The molecule has 1 aromatic rings. The Morgan fingerprint density at radius 1 is 1.35 bits per heavy atom. The second-order valence-electron chi connectivity index (χ2n) is 4.65. The van der Waals surface area contributed by atoms with Crippen LogP contribution in [0.15, 0.2) is 18.2 Å². The molecular weight excluding hydrogens is 228 g/mol. The number of hydrogen-bond donors (Lipinski definition) is 0. The second kappa shape index (κ2) is 4.07. The zero-order valence-electron chi connectivity index (χ0n) is 9.67. The van der Waals surface area contributed by atoms with E-state index in [9.17, 15) is 13.6 Å². The Balaban J connectivity index is 2.28. The fourth-order valence-corrected chi connectivity index (χ4v) is 1.76. The summed E-state index contributed by atoms with van der Waals surface area (Å²) in [5.41, 5.74) is -0.301. The zero-order valence-corrected chi connectivity index (χ0v) is 9.67. The van der Waals surface area contributed by atoms with E-state index >= 15 is 0 Å². The Kier molecular flexibility index (Phi) is 2.87. The van der Waals surface area contributed by atoms with Gasteiger partial charge in [0.1, 0.15) is 6.73 Å². The van der Waals surface area contributed by atoms with E-state index in [0.717, 1.165) is 12.1 Å². The molecular formula is C12H13F2NO2. The zero-order chi connectivity index (χ0) is 12.6. The molecule has 2 rings (SSSR count). The molecule has 5 heteroatoms. The fourth-order valence-electron chi connectivity index (χ4n) is 1.76. The van der Waals surface area contributed by atoms with Crippen molar-refractivity contribution in [3.63, 3.8) is 0 Å². The molecule has 0 spiro atoms. The van der Waals surface area contributed by atoms with E-state index in [1.807, 2.05) is 13.8 Å². The van der Waals surface area contributed by atoms with Gasteiger partial charge < -0.3 is 9.64 Å². The molecule has 1 fully saturated rings. The largest absolute Gasteiger partial charge is 0.359 e. The molecule has 1 heterocycles. The maximum Gasteiger partial charge on any atom is 0.256 e. The summed E-state index contributed by atoms with van der Waals surface area (Å²) >= 11 is 0. The number of carbonyl (C=O) groups is 1. The van der Waals surface area contributed by atoms with Crippen molar-refractivity contribution in [2.75, 3.05) is 13.3 Å². The van der Waals surface area contributed by atoms with Crippen LogP contribution in [0.5, 0.6) is 0 Å². The Morgan fingerprint density at radius 2 is 2.06 bits per heavy atom. The summed E-state index contributed by atoms with van der Waals surface area (Å²) < 4.78 is 31.0. The number of halogens is 2. The molecule has 0 saturated carbocycles. The highest BCUT2D eigenvalue weighted by atomic mass is 19.2. The second-order valence-corrected chi connectivity index (χ2v) is 4.65. The maximum atomic E-state index is 13.0. The van der Waals surface area contributed by atoms with E-state index in [-0.39, 0.29) is 18.2 Å². The van der Waals surface area contributed by atoms with Gasteiger partial charge >= 0.3 is 0 Å². The van der Waals surface area contributed by atoms with Gasteiger partial charge in [0.25, 0.3) is 5.91 Å². The molecule has 1 aromatic carbocycles. The minimum Gasteiger partial charge on any atom is -0.359 e. The van der Waals surface area contributed by atoms with Crippen LogP contribution in [0.1, 0.15) is 24.2 Å². The van der Waals surface area contributed by atoms with Crippen LogP contribution in [0, 0.1) is 11.6 Å². The lowest BCUT2D eigenvalue weighted by molar-refractivity contribution is 0.0605. The third kappa shape index (κ3) is 2.15. The van der Waals surface area contributed by atoms with E-state index < -0.39 is 17.2 Å². The normalized spacial score (nSPS) is 18.5. The summed E-state index contributed by atoms with van der Waals surface area (Å²) in [5.74, 6) is -2.33. The lowest BCUT2D eigenvalue weighted by atomic mass is 10.0. The minimum absolute atomic E-state index is 0.127. The predicted octanol–water partition coefficient (Wildman–Crippen LogP) is 2.17. The van der Waals surface area contributed by atoms with Crippen LogP contribution < -0.4 is 0 Å². The van der Waals surface area contributed by atoms with Gasteiger partial charge in [-0.1, -0.05) is 0 Å². The van der Waals surface area contributed by atoms with Crippen molar-refractivity contribution in [2.24, 2.45) is 0 Å². The highest BCUT2D eigenvalue weighted by molar-refractivity contribution is 5.94. The third-order valence-corrected chi connectivity index (χ3v) is 2.82. The number of carbonyl (C=O) groups excluding carboxylic acids is 1. The van der Waals surface area contributed by atoms with Gasteiger partial charge in [0.2, 0.25) is 0 Å². The van der Waals surface area contributed by atoms with Crippen LogP contribution >= 0.6 is 0 Å². The number of nitrogens with zero attached hydrogens (tertiary/aromatic N) is 1. The van der Waals surface area contributed by atoms with Gasteiger partial charge in [0.15, 0.2) is 11.6 Å². The van der Waals surface area contributed by atoms with Gasteiger partial charge in [-0.15, -0.1) is 0 Å². The van der Waals surface area contributed by atoms with Gasteiger partial charge in [-0.3, -0.25) is 4.79 Å². The number of amides is 1. The Bertz CT molecular complexity index is 460. The molecule has 17 heavy (non-hydrogen) atoms. The van der Waals surface area contributed by atoms with Crippen molar-refractivity contribution in [1.29, 1.82) is 0 Å². The standard InChI is InChI=1S/C12H13F2NO2/c1-12(2)6-17-7-15(12)11(16)8-3-4-9(13)10(14)5-8/h3-5H,6-7H2,1-2H3. The summed E-state index contributed by atoms with van der Waals surface area (Å²) in [6.45, 7) is 4.32. The van der Waals surface area contributed by atoms with Crippen LogP contribution in [0.2, 0.25) is 0 Å². The molecule has 1 saturated heterocycles. The highest BCUT2D eigenvalue weighted by Gasteiger charge is 2.37. The lowest BCUT2D eigenvalue weighted by Gasteiger charge is -2.29. The average Bonchev–Trinajstić information content (AvgIpc) is 2.61. The van der Waals surface area contributed by atoms with E-state index in [4.69, 9.17) is 4.74 Å². The quantitative estimate of drug-likeness (QED) is 0.754. The van der Waals surface area contributed by atoms with E-state index in [1.165, 1.54) is 11.0 Å². The molecule has 0 bridgehead atoms. The molecule has 0 aromatic heterocycles. The first-order valence-electron chi connectivity index (χ1n) is 5.26. The molecule has 0 radical (unpaired) electrons. The van der Waals surface area contributed by atoms with Crippen molar-refractivity contribution in [3.05, 3.63) is 35.4 Å². The molecule has 0 atom stereocenters. The molecule has 1 aliphatic rings. The van der Waals surface area contributed by atoms with Crippen molar-refractivity contribution < 1.29 is 18.3 Å². The Labute approximate surface area is 98.0 Å². The summed E-state index contributed by atoms with van der Waals surface area (Å²) in [4.78, 5) is 13.6. The number of rotatable bonds is 1. The van der Waals surface area contributed by atoms with Crippen LogP contribution in [0.25, 0.3) is 0 Å². The van der Waals surface area contributed by atoms with Crippen LogP contribution in [-0.2, 0) is 4.74 Å². The molecule has 92 valence electrons. The third-order valence-electron chi connectivity index (χ3n) is 2.82. The van der Waals surface area contributed by atoms with Gasteiger partial charge in [-0.2, -0.15) is 0 Å². The van der Waals surface area contributed by atoms with Gasteiger partial charge in [0.05, 0.1) is 12.1 Å². The summed E-state index contributed by atoms with van der Waals surface area (Å²) in [6.07, 6.45) is 0. The highest BCUT2D eigenvalue weighted by Crippen LogP contribution is 2.24. The summed E-state index contributed by atoms with van der Waals surface area (Å²) in [7, 11) is 0. The molecule has 1 amide bonds. The van der Waals surface area contributed by atoms with Gasteiger partial charge in [-0.05, 0) is 32.0 Å². The average molecular weight is 241 g/mol. The Morgan fingerprint density at radius 3 is 2.59 bits per heavy atom. The summed E-state index contributed by atoms with van der Waals surface area (Å²) in [6, 6.07) is 3.13. The number of ether oxygens (including phenoxy) is 1.